The number of rotatable bonds is 6. The number of likely N-dealkylation sites (tertiary alicyclic amines) is 1. The van der Waals surface area contributed by atoms with Crippen molar-refractivity contribution in [2.24, 2.45) is 5.92 Å². The van der Waals surface area contributed by atoms with Crippen LogP contribution in [0.1, 0.15) is 23.5 Å². The number of carbonyl (C=O) groups excluding carboxylic acids is 1. The summed E-state index contributed by atoms with van der Waals surface area (Å²) in [5.41, 5.74) is 2.28. The smallest absolute Gasteiger partial charge is 0.248 e. The minimum atomic E-state index is 0.0903. The van der Waals surface area contributed by atoms with E-state index < -0.39 is 0 Å². The maximum absolute atomic E-state index is 12.3. The number of amides is 1. The van der Waals surface area contributed by atoms with E-state index in [0.717, 1.165) is 37.4 Å². The minimum absolute atomic E-state index is 0.0903. The van der Waals surface area contributed by atoms with Gasteiger partial charge in [0.1, 0.15) is 12.4 Å². The second kappa shape index (κ2) is 7.62. The first-order chi connectivity index (χ1) is 11.6. The normalized spacial score (nSPS) is 17.4. The van der Waals surface area contributed by atoms with Crippen LogP contribution in [-0.2, 0) is 22.7 Å². The van der Waals surface area contributed by atoms with Gasteiger partial charge < -0.3 is 14.2 Å². The van der Waals surface area contributed by atoms with E-state index in [1.807, 2.05) is 48.4 Å². The van der Waals surface area contributed by atoms with Gasteiger partial charge in [-0.15, -0.1) is 0 Å². The Hall–Kier alpha value is -2.14. The summed E-state index contributed by atoms with van der Waals surface area (Å²) in [6, 6.07) is 9.94. The van der Waals surface area contributed by atoms with Crippen LogP contribution in [0.2, 0.25) is 0 Å². The maximum atomic E-state index is 12.3. The lowest BCUT2D eigenvalue weighted by Gasteiger charge is -2.17. The number of benzene rings is 1. The van der Waals surface area contributed by atoms with Crippen LogP contribution in [0.4, 0.5) is 0 Å². The summed E-state index contributed by atoms with van der Waals surface area (Å²) in [4.78, 5) is 18.6. The van der Waals surface area contributed by atoms with Gasteiger partial charge in [0.05, 0.1) is 6.61 Å². The number of aryl methyl sites for hydroxylation is 2. The summed E-state index contributed by atoms with van der Waals surface area (Å²) in [6.07, 6.45) is 2.95. The Kier molecular flexibility index (Phi) is 5.30. The summed E-state index contributed by atoms with van der Waals surface area (Å²) in [5.74, 6) is 1.63. The molecule has 128 valence electrons. The highest BCUT2D eigenvalue weighted by Gasteiger charge is 2.27. The Labute approximate surface area is 143 Å². The molecule has 0 radical (unpaired) electrons. The van der Waals surface area contributed by atoms with E-state index in [4.69, 9.17) is 4.74 Å². The number of hydrogen-bond acceptors (Lipinski definition) is 3. The molecule has 5 heteroatoms. The molecule has 0 aliphatic carbocycles. The zero-order chi connectivity index (χ0) is 16.9. The van der Waals surface area contributed by atoms with E-state index in [-0.39, 0.29) is 12.5 Å². The molecule has 0 bridgehead atoms. The second-order valence-corrected chi connectivity index (χ2v) is 6.53. The molecule has 0 saturated carbocycles. The summed E-state index contributed by atoms with van der Waals surface area (Å²) in [5, 5.41) is 0. The standard InChI is InChI=1S/C19H25N3O2/c1-15-10-20-16(2)22(15)12-18-8-9-21(11-18)19(23)14-24-13-17-6-4-3-5-7-17/h3-7,10,18H,8-9,11-14H2,1-2H3. The molecule has 1 aromatic carbocycles. The number of aromatic nitrogens is 2. The summed E-state index contributed by atoms with van der Waals surface area (Å²) in [7, 11) is 0. The van der Waals surface area contributed by atoms with Gasteiger partial charge in [-0.05, 0) is 31.7 Å². The number of carbonyl (C=O) groups is 1. The maximum Gasteiger partial charge on any atom is 0.248 e. The Balaban J connectivity index is 1.44. The molecular weight excluding hydrogens is 302 g/mol. The van der Waals surface area contributed by atoms with Gasteiger partial charge in [0.15, 0.2) is 0 Å². The average Bonchev–Trinajstić information content (AvgIpc) is 3.18. The summed E-state index contributed by atoms with van der Waals surface area (Å²) >= 11 is 0. The van der Waals surface area contributed by atoms with Gasteiger partial charge >= 0.3 is 0 Å². The largest absolute Gasteiger partial charge is 0.367 e. The van der Waals surface area contributed by atoms with Crippen molar-refractivity contribution < 1.29 is 9.53 Å². The quantitative estimate of drug-likeness (QED) is 0.819. The molecule has 1 saturated heterocycles. The Morgan fingerprint density at radius 3 is 2.79 bits per heavy atom. The highest BCUT2D eigenvalue weighted by atomic mass is 16.5. The van der Waals surface area contributed by atoms with Gasteiger partial charge in [-0.3, -0.25) is 4.79 Å². The number of ether oxygens (including phenoxy) is 1. The molecule has 2 aromatic rings. The van der Waals surface area contributed by atoms with Crippen LogP contribution in [0.15, 0.2) is 36.5 Å². The molecule has 1 aliphatic heterocycles. The lowest BCUT2D eigenvalue weighted by atomic mass is 10.1. The predicted octanol–water partition coefficient (Wildman–Crippen LogP) is 2.57. The third-order valence-corrected chi connectivity index (χ3v) is 4.67. The van der Waals surface area contributed by atoms with Gasteiger partial charge in [-0.1, -0.05) is 30.3 Å². The molecule has 2 heterocycles. The highest BCUT2D eigenvalue weighted by Crippen LogP contribution is 2.20. The van der Waals surface area contributed by atoms with E-state index in [2.05, 4.69) is 16.5 Å². The zero-order valence-electron chi connectivity index (χ0n) is 14.4. The molecule has 1 fully saturated rings. The van der Waals surface area contributed by atoms with E-state index in [1.165, 1.54) is 5.69 Å². The lowest BCUT2D eigenvalue weighted by molar-refractivity contribution is -0.135. The minimum Gasteiger partial charge on any atom is -0.367 e. The fourth-order valence-electron chi connectivity index (χ4n) is 3.25. The Morgan fingerprint density at radius 1 is 1.29 bits per heavy atom. The van der Waals surface area contributed by atoms with Crippen LogP contribution >= 0.6 is 0 Å². The number of imidazole rings is 1. The lowest BCUT2D eigenvalue weighted by Crippen LogP contribution is -2.32. The molecule has 0 N–H and O–H groups in total. The number of nitrogens with zero attached hydrogens (tertiary/aromatic N) is 3. The summed E-state index contributed by atoms with van der Waals surface area (Å²) < 4.78 is 7.81. The number of hydrogen-bond donors (Lipinski definition) is 0. The second-order valence-electron chi connectivity index (χ2n) is 6.53. The summed E-state index contributed by atoms with van der Waals surface area (Å²) in [6.45, 7) is 7.32. The molecule has 5 nitrogen and oxygen atoms in total. The van der Waals surface area contributed by atoms with E-state index in [0.29, 0.717) is 12.5 Å². The van der Waals surface area contributed by atoms with Crippen LogP contribution in [0.25, 0.3) is 0 Å². The van der Waals surface area contributed by atoms with Crippen LogP contribution in [-0.4, -0.2) is 40.1 Å². The molecule has 24 heavy (non-hydrogen) atoms. The molecule has 1 atom stereocenters. The molecule has 1 aliphatic rings. The van der Waals surface area contributed by atoms with Gasteiger partial charge in [0, 0.05) is 31.5 Å². The van der Waals surface area contributed by atoms with Gasteiger partial charge in [0.2, 0.25) is 5.91 Å². The van der Waals surface area contributed by atoms with E-state index in [1.54, 1.807) is 0 Å². The molecular formula is C19H25N3O2. The molecule has 1 unspecified atom stereocenters. The Bertz CT molecular complexity index is 662. The molecule has 1 amide bonds. The fraction of sp³-hybridized carbons (Fsp3) is 0.474. The monoisotopic (exact) mass is 327 g/mol. The van der Waals surface area contributed by atoms with Crippen molar-refractivity contribution >= 4 is 5.91 Å². The first-order valence-corrected chi connectivity index (χ1v) is 8.51. The topological polar surface area (TPSA) is 47.4 Å². The van der Waals surface area contributed by atoms with Gasteiger partial charge in [-0.25, -0.2) is 4.98 Å². The molecule has 1 aromatic heterocycles. The Morgan fingerprint density at radius 2 is 2.08 bits per heavy atom. The van der Waals surface area contributed by atoms with E-state index >= 15 is 0 Å². The third-order valence-electron chi connectivity index (χ3n) is 4.67. The predicted molar refractivity (Wildman–Crippen MR) is 92.5 cm³/mol. The van der Waals surface area contributed by atoms with Gasteiger partial charge in [-0.2, -0.15) is 0 Å². The molecule has 0 spiro atoms. The van der Waals surface area contributed by atoms with Crippen LogP contribution in [0.5, 0.6) is 0 Å². The van der Waals surface area contributed by atoms with Crippen LogP contribution in [0.3, 0.4) is 0 Å². The zero-order valence-corrected chi connectivity index (χ0v) is 14.4. The van der Waals surface area contributed by atoms with Crippen molar-refractivity contribution in [2.75, 3.05) is 19.7 Å². The highest BCUT2D eigenvalue weighted by molar-refractivity contribution is 5.77. The first kappa shape index (κ1) is 16.7. The molecule has 3 rings (SSSR count). The van der Waals surface area contributed by atoms with Crippen molar-refractivity contribution in [1.29, 1.82) is 0 Å². The first-order valence-electron chi connectivity index (χ1n) is 8.51. The van der Waals surface area contributed by atoms with Crippen molar-refractivity contribution in [3.63, 3.8) is 0 Å². The fourth-order valence-corrected chi connectivity index (χ4v) is 3.25. The average molecular weight is 327 g/mol. The van der Waals surface area contributed by atoms with Gasteiger partial charge in [0.25, 0.3) is 0 Å². The van der Waals surface area contributed by atoms with Crippen molar-refractivity contribution in [1.82, 2.24) is 14.5 Å². The van der Waals surface area contributed by atoms with Crippen LogP contribution in [0, 0.1) is 19.8 Å². The SMILES string of the molecule is Cc1cnc(C)n1CC1CCN(C(=O)COCc2ccccc2)C1. The van der Waals surface area contributed by atoms with Crippen LogP contribution < -0.4 is 0 Å². The van der Waals surface area contributed by atoms with Crippen molar-refractivity contribution in [3.05, 3.63) is 53.6 Å². The van der Waals surface area contributed by atoms with E-state index in [9.17, 15) is 4.79 Å². The van der Waals surface area contributed by atoms with Crippen molar-refractivity contribution in [3.8, 4) is 0 Å². The third kappa shape index (κ3) is 4.03. The van der Waals surface area contributed by atoms with Crippen molar-refractivity contribution in [2.45, 2.75) is 33.4 Å².